The summed E-state index contributed by atoms with van der Waals surface area (Å²) in [5, 5.41) is 7.96. The number of fused-ring (bicyclic) bond motifs is 2. The minimum atomic E-state index is 0.403. The number of hydrogen-bond donors (Lipinski definition) is 1. The fraction of sp³-hybridized carbons (Fsp3) is 0.250. The van der Waals surface area contributed by atoms with Crippen molar-refractivity contribution in [3.8, 4) is 0 Å². The summed E-state index contributed by atoms with van der Waals surface area (Å²) < 4.78 is 2.79. The van der Waals surface area contributed by atoms with Crippen LogP contribution in [0.25, 0.3) is 5.65 Å². The van der Waals surface area contributed by atoms with Crippen LogP contribution in [0.5, 0.6) is 0 Å². The second-order valence-electron chi connectivity index (χ2n) is 5.44. The number of aromatic nitrogens is 3. The number of halogens is 1. The number of hydrogen-bond acceptors (Lipinski definition) is 3. The predicted molar refractivity (Wildman–Crippen MR) is 86.6 cm³/mol. The number of nitrogens with one attached hydrogen (secondary N) is 1. The first-order valence-electron chi connectivity index (χ1n) is 7.13. The number of rotatable bonds is 2. The normalized spacial score (nSPS) is 17.7. The molecular weight excluding hydrogens is 328 g/mol. The first-order chi connectivity index (χ1) is 10.3. The third kappa shape index (κ3) is 2.53. The van der Waals surface area contributed by atoms with E-state index in [-0.39, 0.29) is 0 Å². The number of nitrogens with zero attached hydrogens (tertiary/aromatic N) is 3. The lowest BCUT2D eigenvalue weighted by atomic mass is 9.88. The van der Waals surface area contributed by atoms with Gasteiger partial charge in [-0.2, -0.15) is 4.98 Å². The number of pyridine rings is 1. The third-order valence-corrected chi connectivity index (χ3v) is 4.44. The molecule has 0 saturated carbocycles. The van der Waals surface area contributed by atoms with Crippen molar-refractivity contribution in [3.63, 3.8) is 0 Å². The Labute approximate surface area is 131 Å². The Hall–Kier alpha value is -1.88. The van der Waals surface area contributed by atoms with E-state index in [0.717, 1.165) is 29.4 Å². The summed E-state index contributed by atoms with van der Waals surface area (Å²) >= 11 is 3.45. The lowest BCUT2D eigenvalue weighted by molar-refractivity contribution is 0.606. The summed E-state index contributed by atoms with van der Waals surface area (Å²) in [6, 6.07) is 13.0. The van der Waals surface area contributed by atoms with Crippen LogP contribution in [-0.2, 0) is 12.8 Å². The first-order valence-corrected chi connectivity index (χ1v) is 7.92. The Morgan fingerprint density at radius 3 is 2.90 bits per heavy atom. The van der Waals surface area contributed by atoms with Gasteiger partial charge in [-0.25, -0.2) is 4.52 Å². The van der Waals surface area contributed by atoms with Crippen LogP contribution < -0.4 is 5.32 Å². The molecule has 106 valence electrons. The Bertz CT molecular complexity index is 796. The second-order valence-corrected chi connectivity index (χ2v) is 6.35. The van der Waals surface area contributed by atoms with E-state index in [9.17, 15) is 0 Å². The molecule has 1 unspecified atom stereocenters. The highest BCUT2D eigenvalue weighted by Crippen LogP contribution is 2.23. The molecule has 0 aliphatic heterocycles. The van der Waals surface area contributed by atoms with Gasteiger partial charge in [0.05, 0.1) is 0 Å². The first kappa shape index (κ1) is 12.8. The van der Waals surface area contributed by atoms with E-state index >= 15 is 0 Å². The Balaban J connectivity index is 1.55. The molecular formula is C16H15BrN4. The monoisotopic (exact) mass is 342 g/mol. The highest BCUT2D eigenvalue weighted by Gasteiger charge is 2.19. The molecule has 2 aromatic heterocycles. The van der Waals surface area contributed by atoms with Crippen molar-refractivity contribution in [2.45, 2.75) is 25.3 Å². The smallest absolute Gasteiger partial charge is 0.243 e. The van der Waals surface area contributed by atoms with Crippen molar-refractivity contribution in [1.82, 2.24) is 14.6 Å². The van der Waals surface area contributed by atoms with Gasteiger partial charge in [-0.1, -0.05) is 24.3 Å². The van der Waals surface area contributed by atoms with Crippen molar-refractivity contribution in [3.05, 3.63) is 58.2 Å². The van der Waals surface area contributed by atoms with Crippen LogP contribution in [0.1, 0.15) is 17.5 Å². The topological polar surface area (TPSA) is 42.2 Å². The minimum Gasteiger partial charge on any atom is -0.350 e. The van der Waals surface area contributed by atoms with Gasteiger partial charge in [0.2, 0.25) is 5.95 Å². The van der Waals surface area contributed by atoms with Crippen LogP contribution in [0.15, 0.2) is 47.1 Å². The molecule has 5 heteroatoms. The van der Waals surface area contributed by atoms with Gasteiger partial charge in [0.15, 0.2) is 5.65 Å². The van der Waals surface area contributed by atoms with Crippen LogP contribution in [0.2, 0.25) is 0 Å². The largest absolute Gasteiger partial charge is 0.350 e. The van der Waals surface area contributed by atoms with Gasteiger partial charge in [-0.05, 0) is 58.5 Å². The molecule has 1 aliphatic carbocycles. The van der Waals surface area contributed by atoms with Gasteiger partial charge in [0, 0.05) is 16.7 Å². The summed E-state index contributed by atoms with van der Waals surface area (Å²) in [6.45, 7) is 0. The maximum Gasteiger partial charge on any atom is 0.243 e. The van der Waals surface area contributed by atoms with E-state index in [1.165, 1.54) is 11.1 Å². The molecule has 21 heavy (non-hydrogen) atoms. The fourth-order valence-corrected chi connectivity index (χ4v) is 3.25. The fourth-order valence-electron chi connectivity index (χ4n) is 2.92. The lowest BCUT2D eigenvalue weighted by Crippen LogP contribution is -2.27. The number of benzene rings is 1. The SMILES string of the molecule is Brc1ccc2nc(NC3CCc4ccccc4C3)nn2c1. The van der Waals surface area contributed by atoms with Crippen molar-refractivity contribution < 1.29 is 0 Å². The lowest BCUT2D eigenvalue weighted by Gasteiger charge is -2.24. The van der Waals surface area contributed by atoms with Crippen LogP contribution in [0.4, 0.5) is 5.95 Å². The van der Waals surface area contributed by atoms with E-state index in [2.05, 4.69) is 55.6 Å². The maximum absolute atomic E-state index is 4.52. The van der Waals surface area contributed by atoms with Crippen molar-refractivity contribution in [1.29, 1.82) is 0 Å². The highest BCUT2D eigenvalue weighted by molar-refractivity contribution is 9.10. The zero-order valence-electron chi connectivity index (χ0n) is 11.5. The quantitative estimate of drug-likeness (QED) is 0.775. The zero-order chi connectivity index (χ0) is 14.2. The van der Waals surface area contributed by atoms with Gasteiger partial charge >= 0.3 is 0 Å². The molecule has 3 aromatic rings. The molecule has 2 heterocycles. The van der Waals surface area contributed by atoms with Crippen molar-refractivity contribution in [2.24, 2.45) is 0 Å². The van der Waals surface area contributed by atoms with Gasteiger partial charge in [-0.3, -0.25) is 0 Å². The number of aryl methyl sites for hydroxylation is 1. The Morgan fingerprint density at radius 2 is 2.00 bits per heavy atom. The summed E-state index contributed by atoms with van der Waals surface area (Å²) in [7, 11) is 0. The van der Waals surface area contributed by atoms with Crippen LogP contribution in [0.3, 0.4) is 0 Å². The summed E-state index contributed by atoms with van der Waals surface area (Å²) in [5.41, 5.74) is 3.77. The van der Waals surface area contributed by atoms with Gasteiger partial charge in [0.25, 0.3) is 0 Å². The molecule has 4 rings (SSSR count). The molecule has 4 nitrogen and oxygen atoms in total. The Kier molecular flexibility index (Phi) is 3.15. The van der Waals surface area contributed by atoms with E-state index in [1.54, 1.807) is 4.52 Å². The van der Waals surface area contributed by atoms with E-state index in [0.29, 0.717) is 12.0 Å². The molecule has 0 saturated heterocycles. The molecule has 0 bridgehead atoms. The average molecular weight is 343 g/mol. The Morgan fingerprint density at radius 1 is 1.14 bits per heavy atom. The van der Waals surface area contributed by atoms with Gasteiger partial charge in [0.1, 0.15) is 0 Å². The molecule has 1 N–H and O–H groups in total. The predicted octanol–water partition coefficient (Wildman–Crippen LogP) is 3.46. The molecule has 1 aromatic carbocycles. The zero-order valence-corrected chi connectivity index (χ0v) is 13.0. The molecule has 0 spiro atoms. The van der Waals surface area contributed by atoms with E-state index in [4.69, 9.17) is 0 Å². The van der Waals surface area contributed by atoms with E-state index in [1.807, 2.05) is 18.3 Å². The number of anilines is 1. The maximum atomic E-state index is 4.52. The molecule has 0 fully saturated rings. The molecule has 1 aliphatic rings. The summed E-state index contributed by atoms with van der Waals surface area (Å²) in [6.07, 6.45) is 5.20. The molecule has 0 radical (unpaired) electrons. The van der Waals surface area contributed by atoms with Crippen molar-refractivity contribution >= 4 is 27.5 Å². The van der Waals surface area contributed by atoms with Gasteiger partial charge in [-0.15, -0.1) is 5.10 Å². The van der Waals surface area contributed by atoms with Gasteiger partial charge < -0.3 is 5.32 Å². The van der Waals surface area contributed by atoms with Crippen LogP contribution >= 0.6 is 15.9 Å². The van der Waals surface area contributed by atoms with Crippen LogP contribution in [0, 0.1) is 0 Å². The summed E-state index contributed by atoms with van der Waals surface area (Å²) in [5.74, 6) is 0.706. The minimum absolute atomic E-state index is 0.403. The molecule has 0 amide bonds. The van der Waals surface area contributed by atoms with Crippen molar-refractivity contribution in [2.75, 3.05) is 5.32 Å². The molecule has 1 atom stereocenters. The average Bonchev–Trinajstić information content (AvgIpc) is 2.88. The second kappa shape index (κ2) is 5.15. The summed E-state index contributed by atoms with van der Waals surface area (Å²) in [4.78, 5) is 4.52. The standard InChI is InChI=1S/C16H15BrN4/c17-13-6-8-15-19-16(20-21(15)10-13)18-14-7-5-11-3-1-2-4-12(11)9-14/h1-4,6,8,10,14H,5,7,9H2,(H,18,20). The third-order valence-electron chi connectivity index (χ3n) is 3.97. The highest BCUT2D eigenvalue weighted by atomic mass is 79.9. The van der Waals surface area contributed by atoms with Crippen LogP contribution in [-0.4, -0.2) is 20.6 Å². The van der Waals surface area contributed by atoms with E-state index < -0.39 is 0 Å².